The third kappa shape index (κ3) is 1.72. The van der Waals surface area contributed by atoms with E-state index in [-0.39, 0.29) is 0 Å². The molecule has 0 aliphatic carbocycles. The summed E-state index contributed by atoms with van der Waals surface area (Å²) in [6, 6.07) is 4.38. The van der Waals surface area contributed by atoms with Crippen LogP contribution >= 0.6 is 0 Å². The zero-order valence-corrected chi connectivity index (χ0v) is 8.40. The maximum Gasteiger partial charge on any atom is 0.152 e. The van der Waals surface area contributed by atoms with E-state index in [0.717, 1.165) is 0 Å². The van der Waals surface area contributed by atoms with E-state index >= 15 is 0 Å². The van der Waals surface area contributed by atoms with Gasteiger partial charge in [-0.1, -0.05) is 6.07 Å². The quantitative estimate of drug-likeness (QED) is 0.744. The smallest absolute Gasteiger partial charge is 0.152 e. The van der Waals surface area contributed by atoms with Crippen molar-refractivity contribution in [2.75, 3.05) is 18.0 Å². The van der Waals surface area contributed by atoms with E-state index in [4.69, 9.17) is 0 Å². The highest BCUT2D eigenvalue weighted by molar-refractivity contribution is 5.85. The predicted molar refractivity (Wildman–Crippen MR) is 54.6 cm³/mol. The molecule has 1 N–H and O–H groups in total. The fraction of sp³-hybridized carbons (Fsp3) is 0.364. The van der Waals surface area contributed by atoms with Gasteiger partial charge in [-0.05, 0) is 19.1 Å². The number of para-hydroxylation sites is 1. The van der Waals surface area contributed by atoms with Crippen LogP contribution in [-0.2, 0) is 0 Å². The SMILES string of the molecule is CC1(O)CN(c2c(F)cccc2C=O)C1. The molecule has 0 spiro atoms. The number of hydrogen-bond donors (Lipinski definition) is 1. The molecule has 4 heteroatoms. The lowest BCUT2D eigenvalue weighted by atomic mass is 9.95. The van der Waals surface area contributed by atoms with Gasteiger partial charge in [0.1, 0.15) is 5.82 Å². The Morgan fingerprint density at radius 2 is 2.20 bits per heavy atom. The summed E-state index contributed by atoms with van der Waals surface area (Å²) >= 11 is 0. The Hall–Kier alpha value is -1.42. The number of β-amino-alcohol motifs (C(OH)–C–C–N with tert-alkyl or cyclic N) is 1. The second-order valence-corrected chi connectivity index (χ2v) is 4.15. The first-order valence-corrected chi connectivity index (χ1v) is 4.74. The summed E-state index contributed by atoms with van der Waals surface area (Å²) in [5.74, 6) is -0.421. The van der Waals surface area contributed by atoms with Crippen molar-refractivity contribution in [2.24, 2.45) is 0 Å². The first-order valence-electron chi connectivity index (χ1n) is 4.74. The number of carbonyl (C=O) groups excluding carboxylic acids is 1. The molecule has 3 nitrogen and oxygen atoms in total. The molecule has 80 valence electrons. The van der Waals surface area contributed by atoms with E-state index in [9.17, 15) is 14.3 Å². The zero-order valence-electron chi connectivity index (χ0n) is 8.40. The lowest BCUT2D eigenvalue weighted by Gasteiger charge is -2.46. The van der Waals surface area contributed by atoms with Gasteiger partial charge < -0.3 is 10.0 Å². The molecular weight excluding hydrogens is 197 g/mol. The number of hydrogen-bond acceptors (Lipinski definition) is 3. The predicted octanol–water partition coefficient (Wildman–Crippen LogP) is 1.21. The van der Waals surface area contributed by atoms with E-state index in [0.29, 0.717) is 30.6 Å². The lowest BCUT2D eigenvalue weighted by molar-refractivity contribution is 0.0305. The number of aliphatic hydroxyl groups is 1. The molecule has 0 radical (unpaired) electrons. The van der Waals surface area contributed by atoms with Crippen molar-refractivity contribution in [3.8, 4) is 0 Å². The molecule has 0 atom stereocenters. The Labute approximate surface area is 87.1 Å². The summed E-state index contributed by atoms with van der Waals surface area (Å²) in [5, 5.41) is 9.55. The van der Waals surface area contributed by atoms with Gasteiger partial charge in [-0.15, -0.1) is 0 Å². The molecule has 1 saturated heterocycles. The van der Waals surface area contributed by atoms with Crippen LogP contribution in [0.25, 0.3) is 0 Å². The van der Waals surface area contributed by atoms with Gasteiger partial charge in [-0.3, -0.25) is 4.79 Å². The summed E-state index contributed by atoms with van der Waals surface area (Å²) < 4.78 is 13.5. The minimum atomic E-state index is -0.775. The van der Waals surface area contributed by atoms with Gasteiger partial charge in [0.25, 0.3) is 0 Å². The van der Waals surface area contributed by atoms with E-state index in [1.807, 2.05) is 0 Å². The molecule has 1 fully saturated rings. The van der Waals surface area contributed by atoms with Crippen molar-refractivity contribution in [3.05, 3.63) is 29.6 Å². The molecule has 1 heterocycles. The van der Waals surface area contributed by atoms with Gasteiger partial charge in [0, 0.05) is 18.7 Å². The van der Waals surface area contributed by atoms with Crippen molar-refractivity contribution in [3.63, 3.8) is 0 Å². The number of carbonyl (C=O) groups is 1. The van der Waals surface area contributed by atoms with Gasteiger partial charge in [0.05, 0.1) is 11.3 Å². The van der Waals surface area contributed by atoms with Crippen LogP contribution in [0.3, 0.4) is 0 Å². The highest BCUT2D eigenvalue weighted by Gasteiger charge is 2.38. The third-order valence-corrected chi connectivity index (χ3v) is 2.52. The molecule has 1 aliphatic heterocycles. The molecule has 2 rings (SSSR count). The maximum atomic E-state index is 13.5. The van der Waals surface area contributed by atoms with Crippen molar-refractivity contribution in [1.29, 1.82) is 0 Å². The van der Waals surface area contributed by atoms with Crippen molar-refractivity contribution < 1.29 is 14.3 Å². The molecule has 0 amide bonds. The van der Waals surface area contributed by atoms with Crippen LogP contribution in [0.2, 0.25) is 0 Å². The molecule has 15 heavy (non-hydrogen) atoms. The second kappa shape index (κ2) is 3.31. The molecule has 0 aromatic heterocycles. The van der Waals surface area contributed by atoms with E-state index in [1.54, 1.807) is 17.9 Å². The lowest BCUT2D eigenvalue weighted by Crippen LogP contribution is -2.60. The first-order chi connectivity index (χ1) is 7.03. The first kappa shape index (κ1) is 10.1. The summed E-state index contributed by atoms with van der Waals surface area (Å²) in [5.41, 5.74) is -0.160. The van der Waals surface area contributed by atoms with Gasteiger partial charge in [0.15, 0.2) is 6.29 Å². The van der Waals surface area contributed by atoms with Crippen LogP contribution in [0.15, 0.2) is 18.2 Å². The van der Waals surface area contributed by atoms with E-state index in [1.165, 1.54) is 12.1 Å². The normalized spacial score (nSPS) is 18.5. The van der Waals surface area contributed by atoms with Crippen molar-refractivity contribution >= 4 is 12.0 Å². The Balaban J connectivity index is 2.32. The number of rotatable bonds is 2. The number of aldehydes is 1. The monoisotopic (exact) mass is 209 g/mol. The summed E-state index contributed by atoms with van der Waals surface area (Å²) in [6.45, 7) is 2.40. The molecule has 0 saturated carbocycles. The molecule has 1 aromatic carbocycles. The Morgan fingerprint density at radius 1 is 1.53 bits per heavy atom. The van der Waals surface area contributed by atoms with Crippen LogP contribution in [0.5, 0.6) is 0 Å². The van der Waals surface area contributed by atoms with Gasteiger partial charge in [-0.2, -0.15) is 0 Å². The van der Waals surface area contributed by atoms with Gasteiger partial charge >= 0.3 is 0 Å². The van der Waals surface area contributed by atoms with Crippen LogP contribution in [-0.4, -0.2) is 30.1 Å². The molecule has 0 bridgehead atoms. The van der Waals surface area contributed by atoms with Gasteiger partial charge in [-0.25, -0.2) is 4.39 Å². The summed E-state index contributed by atoms with van der Waals surface area (Å²) in [7, 11) is 0. The largest absolute Gasteiger partial charge is 0.386 e. The zero-order chi connectivity index (χ0) is 11.1. The molecule has 1 aromatic rings. The highest BCUT2D eigenvalue weighted by atomic mass is 19.1. The molecule has 1 aliphatic rings. The van der Waals surface area contributed by atoms with Crippen LogP contribution in [0, 0.1) is 5.82 Å². The van der Waals surface area contributed by atoms with Crippen molar-refractivity contribution in [1.82, 2.24) is 0 Å². The molecule has 0 unspecified atom stereocenters. The average Bonchev–Trinajstić information content (AvgIpc) is 2.13. The van der Waals surface area contributed by atoms with E-state index < -0.39 is 11.4 Å². The van der Waals surface area contributed by atoms with Crippen molar-refractivity contribution in [2.45, 2.75) is 12.5 Å². The fourth-order valence-corrected chi connectivity index (χ4v) is 1.89. The Kier molecular flexibility index (Phi) is 2.23. The van der Waals surface area contributed by atoms with Crippen LogP contribution < -0.4 is 4.90 Å². The highest BCUT2D eigenvalue weighted by Crippen LogP contribution is 2.31. The number of nitrogens with zero attached hydrogens (tertiary/aromatic N) is 1. The standard InChI is InChI=1S/C11H12FNO2/c1-11(15)6-13(7-11)10-8(5-14)3-2-4-9(10)12/h2-5,15H,6-7H2,1H3. The topological polar surface area (TPSA) is 40.5 Å². The Morgan fingerprint density at radius 3 is 2.73 bits per heavy atom. The Bertz CT molecular complexity index is 396. The number of halogens is 1. The summed E-state index contributed by atoms with van der Waals surface area (Å²) in [6.07, 6.45) is 0.630. The second-order valence-electron chi connectivity index (χ2n) is 4.15. The fourth-order valence-electron chi connectivity index (χ4n) is 1.89. The maximum absolute atomic E-state index is 13.5. The van der Waals surface area contributed by atoms with E-state index in [2.05, 4.69) is 0 Å². The minimum Gasteiger partial charge on any atom is -0.386 e. The number of benzene rings is 1. The minimum absolute atomic E-state index is 0.291. The third-order valence-electron chi connectivity index (χ3n) is 2.52. The summed E-state index contributed by atoms with van der Waals surface area (Å²) in [4.78, 5) is 12.4. The molecular formula is C11H12FNO2. The average molecular weight is 209 g/mol. The van der Waals surface area contributed by atoms with Crippen LogP contribution in [0.1, 0.15) is 17.3 Å². The van der Waals surface area contributed by atoms with Crippen LogP contribution in [0.4, 0.5) is 10.1 Å². The van der Waals surface area contributed by atoms with Gasteiger partial charge in [0.2, 0.25) is 0 Å². The number of anilines is 1.